The highest BCUT2D eigenvalue weighted by Gasteiger charge is 2.28. The van der Waals surface area contributed by atoms with E-state index >= 15 is 0 Å². The predicted octanol–water partition coefficient (Wildman–Crippen LogP) is 1.16. The van der Waals surface area contributed by atoms with Gasteiger partial charge in [0.05, 0.1) is 0 Å². The first-order chi connectivity index (χ1) is 9.43. The molecule has 0 radical (unpaired) electrons. The number of thiophene rings is 1. The molecule has 0 bridgehead atoms. The van der Waals surface area contributed by atoms with E-state index in [2.05, 4.69) is 4.90 Å². The summed E-state index contributed by atoms with van der Waals surface area (Å²) in [6, 6.07) is 1.36. The van der Waals surface area contributed by atoms with Crippen LogP contribution in [0.1, 0.15) is 22.5 Å². The summed E-state index contributed by atoms with van der Waals surface area (Å²) in [7, 11) is -2.23. The molecular weight excluding hydrogens is 300 g/mol. The number of rotatable bonds is 6. The molecule has 112 valence electrons. The van der Waals surface area contributed by atoms with Gasteiger partial charge in [-0.05, 0) is 37.4 Å². The average Bonchev–Trinajstić information content (AvgIpc) is 3.06. The lowest BCUT2D eigenvalue weighted by Crippen LogP contribution is -2.35. The Hall–Kier alpha value is -0.960. The van der Waals surface area contributed by atoms with Crippen molar-refractivity contribution in [2.24, 2.45) is 0 Å². The summed E-state index contributed by atoms with van der Waals surface area (Å²) in [5, 5.41) is 10.5. The first-order valence-corrected chi connectivity index (χ1v) is 8.74. The van der Waals surface area contributed by atoms with Crippen molar-refractivity contribution in [3.8, 4) is 0 Å². The topological polar surface area (TPSA) is 77.9 Å². The van der Waals surface area contributed by atoms with E-state index in [1.807, 2.05) is 0 Å². The molecule has 2 heterocycles. The monoisotopic (exact) mass is 318 g/mol. The van der Waals surface area contributed by atoms with Crippen LogP contribution in [0.25, 0.3) is 0 Å². The van der Waals surface area contributed by atoms with Gasteiger partial charge in [-0.25, -0.2) is 13.2 Å². The van der Waals surface area contributed by atoms with Crippen LogP contribution in [0.5, 0.6) is 0 Å². The molecule has 2 rings (SSSR count). The number of likely N-dealkylation sites (tertiary alicyclic amines) is 1. The second kappa shape index (κ2) is 6.21. The lowest BCUT2D eigenvalue weighted by molar-refractivity contribution is 0.0698. The van der Waals surface area contributed by atoms with Crippen LogP contribution >= 0.6 is 11.3 Å². The fraction of sp³-hybridized carbons (Fsp3) is 0.583. The zero-order valence-electron chi connectivity index (χ0n) is 11.3. The number of carboxylic acid groups (broad SMARTS) is 1. The SMILES string of the molecule is CN(CCN1CCCC1)S(=O)(=O)c1ccsc1C(=O)O. The van der Waals surface area contributed by atoms with Crippen LogP contribution in [0.3, 0.4) is 0 Å². The minimum atomic E-state index is -3.73. The summed E-state index contributed by atoms with van der Waals surface area (Å²) in [6.45, 7) is 3.07. The molecule has 0 aliphatic carbocycles. The molecule has 1 aromatic rings. The van der Waals surface area contributed by atoms with Gasteiger partial charge in [-0.3, -0.25) is 0 Å². The van der Waals surface area contributed by atoms with E-state index in [1.54, 1.807) is 0 Å². The van der Waals surface area contributed by atoms with Gasteiger partial charge < -0.3 is 10.0 Å². The van der Waals surface area contributed by atoms with Crippen molar-refractivity contribution in [2.75, 3.05) is 33.2 Å². The third kappa shape index (κ3) is 3.20. The Kier molecular flexibility index (Phi) is 4.79. The molecule has 0 saturated carbocycles. The molecule has 0 spiro atoms. The number of carboxylic acids is 1. The Morgan fingerprint density at radius 2 is 2.10 bits per heavy atom. The van der Waals surface area contributed by atoms with Crippen LogP contribution in [-0.2, 0) is 10.0 Å². The number of hydrogen-bond acceptors (Lipinski definition) is 5. The minimum absolute atomic E-state index is 0.112. The fourth-order valence-corrected chi connectivity index (χ4v) is 4.62. The molecule has 0 unspecified atom stereocenters. The number of aromatic carboxylic acids is 1. The summed E-state index contributed by atoms with van der Waals surface area (Å²) in [6.07, 6.45) is 2.31. The van der Waals surface area contributed by atoms with Gasteiger partial charge in [-0.1, -0.05) is 0 Å². The smallest absolute Gasteiger partial charge is 0.347 e. The lowest BCUT2D eigenvalue weighted by Gasteiger charge is -2.21. The minimum Gasteiger partial charge on any atom is -0.477 e. The third-order valence-corrected chi connectivity index (χ3v) is 6.37. The van der Waals surface area contributed by atoms with Gasteiger partial charge in [0.2, 0.25) is 10.0 Å². The standard InChI is InChI=1S/C12H18N2O4S2/c1-13(7-8-14-5-2-3-6-14)20(17,18)10-4-9-19-11(10)12(15)16/h4,9H,2-3,5-8H2,1H3,(H,15,16). The van der Waals surface area contributed by atoms with E-state index < -0.39 is 16.0 Å². The molecule has 1 aliphatic rings. The molecular formula is C12H18N2O4S2. The van der Waals surface area contributed by atoms with Crippen molar-refractivity contribution in [1.29, 1.82) is 0 Å². The summed E-state index contributed by atoms with van der Waals surface area (Å²) >= 11 is 0.930. The fourth-order valence-electron chi connectivity index (χ4n) is 2.23. The third-order valence-electron chi connectivity index (χ3n) is 3.44. The predicted molar refractivity (Wildman–Crippen MR) is 76.8 cm³/mol. The van der Waals surface area contributed by atoms with E-state index in [-0.39, 0.29) is 9.77 Å². The second-order valence-electron chi connectivity index (χ2n) is 4.79. The highest BCUT2D eigenvalue weighted by atomic mass is 32.2. The number of carbonyl (C=O) groups is 1. The van der Waals surface area contributed by atoms with Crippen molar-refractivity contribution in [3.05, 3.63) is 16.3 Å². The summed E-state index contributed by atoms with van der Waals surface area (Å²) in [4.78, 5) is 13.0. The van der Waals surface area contributed by atoms with Crippen molar-refractivity contribution in [2.45, 2.75) is 17.7 Å². The maximum absolute atomic E-state index is 12.4. The average molecular weight is 318 g/mol. The molecule has 0 amide bonds. The quantitative estimate of drug-likeness (QED) is 0.851. The van der Waals surface area contributed by atoms with Gasteiger partial charge in [-0.2, -0.15) is 4.31 Å². The molecule has 6 nitrogen and oxygen atoms in total. The van der Waals surface area contributed by atoms with Crippen molar-refractivity contribution in [3.63, 3.8) is 0 Å². The Morgan fingerprint density at radius 1 is 1.45 bits per heavy atom. The number of likely N-dealkylation sites (N-methyl/N-ethyl adjacent to an activating group) is 1. The van der Waals surface area contributed by atoms with Crippen LogP contribution in [0.15, 0.2) is 16.3 Å². The number of nitrogens with zero attached hydrogens (tertiary/aromatic N) is 2. The summed E-state index contributed by atoms with van der Waals surface area (Å²) < 4.78 is 26.0. The van der Waals surface area contributed by atoms with E-state index in [4.69, 9.17) is 5.11 Å². The molecule has 1 aliphatic heterocycles. The van der Waals surface area contributed by atoms with E-state index in [1.165, 1.54) is 22.8 Å². The van der Waals surface area contributed by atoms with Crippen LogP contribution in [-0.4, -0.2) is 61.9 Å². The molecule has 0 atom stereocenters. The van der Waals surface area contributed by atoms with Crippen LogP contribution in [0.4, 0.5) is 0 Å². The van der Waals surface area contributed by atoms with E-state index in [0.29, 0.717) is 13.1 Å². The van der Waals surface area contributed by atoms with E-state index in [9.17, 15) is 13.2 Å². The maximum atomic E-state index is 12.4. The number of hydrogen-bond donors (Lipinski definition) is 1. The highest BCUT2D eigenvalue weighted by molar-refractivity contribution is 7.89. The highest BCUT2D eigenvalue weighted by Crippen LogP contribution is 2.24. The van der Waals surface area contributed by atoms with Gasteiger partial charge >= 0.3 is 5.97 Å². The Morgan fingerprint density at radius 3 is 2.70 bits per heavy atom. The van der Waals surface area contributed by atoms with Crippen molar-refractivity contribution < 1.29 is 18.3 Å². The normalized spacial score (nSPS) is 16.9. The van der Waals surface area contributed by atoms with Gasteiger partial charge in [0.25, 0.3) is 0 Å². The zero-order chi connectivity index (χ0) is 14.8. The van der Waals surface area contributed by atoms with Gasteiger partial charge in [0.1, 0.15) is 9.77 Å². The van der Waals surface area contributed by atoms with Crippen LogP contribution in [0, 0.1) is 0 Å². The van der Waals surface area contributed by atoms with Gasteiger partial charge in [-0.15, -0.1) is 11.3 Å². The van der Waals surface area contributed by atoms with Gasteiger partial charge in [0.15, 0.2) is 0 Å². The Balaban J connectivity index is 2.08. The molecule has 0 aromatic carbocycles. The summed E-state index contributed by atoms with van der Waals surface area (Å²) in [5.74, 6) is -1.20. The molecule has 1 fully saturated rings. The van der Waals surface area contributed by atoms with E-state index in [0.717, 1.165) is 37.3 Å². The van der Waals surface area contributed by atoms with Gasteiger partial charge in [0, 0.05) is 20.1 Å². The Bertz CT molecular complexity index is 576. The molecule has 20 heavy (non-hydrogen) atoms. The second-order valence-corrected chi connectivity index (χ2v) is 7.72. The van der Waals surface area contributed by atoms with Crippen molar-refractivity contribution in [1.82, 2.24) is 9.21 Å². The Labute approximate surface area is 122 Å². The maximum Gasteiger partial charge on any atom is 0.347 e. The first kappa shape index (κ1) is 15.4. The molecule has 1 saturated heterocycles. The van der Waals surface area contributed by atoms with Crippen molar-refractivity contribution >= 4 is 27.3 Å². The molecule has 1 aromatic heterocycles. The summed E-state index contributed by atoms with van der Waals surface area (Å²) in [5.41, 5.74) is 0. The first-order valence-electron chi connectivity index (χ1n) is 6.42. The van der Waals surface area contributed by atoms with Crippen LogP contribution < -0.4 is 0 Å². The largest absolute Gasteiger partial charge is 0.477 e. The lowest BCUT2D eigenvalue weighted by atomic mass is 10.4. The molecule has 8 heteroatoms. The number of sulfonamides is 1. The van der Waals surface area contributed by atoms with Crippen LogP contribution in [0.2, 0.25) is 0 Å². The molecule has 1 N–H and O–H groups in total. The zero-order valence-corrected chi connectivity index (χ0v) is 12.9.